The Balaban J connectivity index is 2.27. The first-order valence-electron chi connectivity index (χ1n) is 5.49. The fourth-order valence-corrected chi connectivity index (χ4v) is 2.34. The van der Waals surface area contributed by atoms with E-state index in [4.69, 9.17) is 28.9 Å². The molecule has 0 aliphatic rings. The minimum atomic E-state index is 0.160. The van der Waals surface area contributed by atoms with Crippen molar-refractivity contribution in [3.8, 4) is 17.1 Å². The lowest BCUT2D eigenvalue weighted by Crippen LogP contribution is -1.93. The molecule has 0 saturated carbocycles. The highest BCUT2D eigenvalue weighted by molar-refractivity contribution is 6.37. The van der Waals surface area contributed by atoms with Crippen molar-refractivity contribution < 1.29 is 5.11 Å². The number of H-pyrrole nitrogens is 1. The zero-order valence-electron chi connectivity index (χ0n) is 9.61. The number of aromatic hydroxyl groups is 1. The highest BCUT2D eigenvalue weighted by Gasteiger charge is 2.14. The summed E-state index contributed by atoms with van der Waals surface area (Å²) >= 11 is 12.1. The highest BCUT2D eigenvalue weighted by atomic mass is 35.5. The van der Waals surface area contributed by atoms with Crippen molar-refractivity contribution in [3.05, 3.63) is 40.4 Å². The van der Waals surface area contributed by atoms with Gasteiger partial charge in [-0.3, -0.25) is 0 Å². The monoisotopic (exact) mass is 293 g/mol. The summed E-state index contributed by atoms with van der Waals surface area (Å²) in [6, 6.07) is 8.16. The van der Waals surface area contributed by atoms with E-state index in [2.05, 4.69) is 9.97 Å². The SMILES string of the molecule is Nc1c(Cl)ccc(Cl)c1-c1nc2ccc(O)cc2[nH]1. The number of aromatic amines is 1. The van der Waals surface area contributed by atoms with E-state index < -0.39 is 0 Å². The lowest BCUT2D eigenvalue weighted by Gasteiger charge is -2.06. The second-order valence-corrected chi connectivity index (χ2v) is 4.92. The average Bonchev–Trinajstić information content (AvgIpc) is 2.77. The van der Waals surface area contributed by atoms with Crippen molar-refractivity contribution >= 4 is 39.9 Å². The second kappa shape index (κ2) is 4.33. The first kappa shape index (κ1) is 12.1. The fourth-order valence-electron chi connectivity index (χ4n) is 1.92. The maximum atomic E-state index is 9.44. The van der Waals surface area contributed by atoms with Gasteiger partial charge in [0, 0.05) is 6.07 Å². The van der Waals surface area contributed by atoms with E-state index in [0.29, 0.717) is 38.2 Å². The Morgan fingerprint density at radius 1 is 1.11 bits per heavy atom. The van der Waals surface area contributed by atoms with Gasteiger partial charge < -0.3 is 15.8 Å². The summed E-state index contributed by atoms with van der Waals surface area (Å²) in [5.74, 6) is 0.679. The van der Waals surface area contributed by atoms with Crippen LogP contribution in [-0.2, 0) is 0 Å². The first-order valence-corrected chi connectivity index (χ1v) is 6.24. The third-order valence-corrected chi connectivity index (χ3v) is 3.49. The van der Waals surface area contributed by atoms with Crippen molar-refractivity contribution in [1.82, 2.24) is 9.97 Å². The standard InChI is InChI=1S/C13H9Cl2N3O/c14-7-2-3-8(15)12(16)11(7)13-17-9-4-1-6(19)5-10(9)18-13/h1-5,19H,16H2,(H,17,18). The minimum Gasteiger partial charge on any atom is -0.508 e. The van der Waals surface area contributed by atoms with Crippen molar-refractivity contribution in [3.63, 3.8) is 0 Å². The number of phenolic OH excluding ortho intramolecular Hbond substituents is 1. The molecule has 1 heterocycles. The number of hydrogen-bond donors (Lipinski definition) is 3. The van der Waals surface area contributed by atoms with Gasteiger partial charge in [-0.1, -0.05) is 23.2 Å². The number of nitrogens with two attached hydrogens (primary N) is 1. The number of imidazole rings is 1. The van der Waals surface area contributed by atoms with Gasteiger partial charge in [0.2, 0.25) is 0 Å². The van der Waals surface area contributed by atoms with Crippen molar-refractivity contribution in [2.45, 2.75) is 0 Å². The molecule has 0 spiro atoms. The molecule has 4 nitrogen and oxygen atoms in total. The van der Waals surface area contributed by atoms with E-state index in [-0.39, 0.29) is 5.75 Å². The van der Waals surface area contributed by atoms with E-state index in [0.717, 1.165) is 0 Å². The van der Waals surface area contributed by atoms with Gasteiger partial charge in [0.05, 0.1) is 32.3 Å². The number of aromatic nitrogens is 2. The molecule has 3 aromatic rings. The van der Waals surface area contributed by atoms with Crippen LogP contribution in [0, 0.1) is 0 Å². The summed E-state index contributed by atoms with van der Waals surface area (Å²) in [5.41, 5.74) is 8.28. The molecule has 96 valence electrons. The Hall–Kier alpha value is -1.91. The molecule has 0 aliphatic heterocycles. The second-order valence-electron chi connectivity index (χ2n) is 4.10. The Labute approximate surface area is 118 Å². The van der Waals surface area contributed by atoms with Gasteiger partial charge >= 0.3 is 0 Å². The summed E-state index contributed by atoms with van der Waals surface area (Å²) in [4.78, 5) is 7.46. The summed E-state index contributed by atoms with van der Waals surface area (Å²) in [6.07, 6.45) is 0. The average molecular weight is 294 g/mol. The van der Waals surface area contributed by atoms with Crippen LogP contribution >= 0.6 is 23.2 Å². The van der Waals surface area contributed by atoms with Crippen LogP contribution in [0.2, 0.25) is 10.0 Å². The molecular weight excluding hydrogens is 285 g/mol. The van der Waals surface area contributed by atoms with Crippen LogP contribution in [0.5, 0.6) is 5.75 Å². The first-order chi connectivity index (χ1) is 9.06. The fraction of sp³-hybridized carbons (Fsp3) is 0. The minimum absolute atomic E-state index is 0.160. The summed E-state index contributed by atoms with van der Waals surface area (Å²) in [6.45, 7) is 0. The van der Waals surface area contributed by atoms with Gasteiger partial charge in [-0.15, -0.1) is 0 Å². The lowest BCUT2D eigenvalue weighted by atomic mass is 10.1. The van der Waals surface area contributed by atoms with Crippen molar-refractivity contribution in [1.29, 1.82) is 0 Å². The van der Waals surface area contributed by atoms with Gasteiger partial charge in [0.15, 0.2) is 0 Å². The van der Waals surface area contributed by atoms with Crippen LogP contribution in [-0.4, -0.2) is 15.1 Å². The molecule has 19 heavy (non-hydrogen) atoms. The molecule has 0 atom stereocenters. The third kappa shape index (κ3) is 1.99. The number of phenols is 1. The Bertz CT molecular complexity index is 783. The molecule has 3 rings (SSSR count). The number of benzene rings is 2. The van der Waals surface area contributed by atoms with Crippen molar-refractivity contribution in [2.24, 2.45) is 0 Å². The molecule has 0 unspecified atom stereocenters. The van der Waals surface area contributed by atoms with Crippen LogP contribution in [0.15, 0.2) is 30.3 Å². The molecule has 0 fully saturated rings. The zero-order valence-corrected chi connectivity index (χ0v) is 11.1. The number of nitrogens with zero attached hydrogens (tertiary/aromatic N) is 1. The summed E-state index contributed by atoms with van der Waals surface area (Å²) in [7, 11) is 0. The number of hydrogen-bond acceptors (Lipinski definition) is 3. The number of fused-ring (bicyclic) bond motifs is 1. The Morgan fingerprint density at radius 3 is 2.63 bits per heavy atom. The maximum Gasteiger partial charge on any atom is 0.142 e. The number of halogens is 2. The Kier molecular flexibility index (Phi) is 2.77. The topological polar surface area (TPSA) is 74.9 Å². The van der Waals surface area contributed by atoms with E-state index in [1.165, 1.54) is 0 Å². The third-order valence-electron chi connectivity index (χ3n) is 2.84. The molecule has 2 aromatic carbocycles. The largest absolute Gasteiger partial charge is 0.508 e. The quantitative estimate of drug-likeness (QED) is 0.597. The van der Waals surface area contributed by atoms with E-state index >= 15 is 0 Å². The van der Waals surface area contributed by atoms with Crippen LogP contribution < -0.4 is 5.73 Å². The highest BCUT2D eigenvalue weighted by Crippen LogP contribution is 2.37. The number of rotatable bonds is 1. The molecule has 0 bridgehead atoms. The maximum absolute atomic E-state index is 9.44. The normalized spacial score (nSPS) is 11.1. The summed E-state index contributed by atoms with van der Waals surface area (Å²) in [5, 5.41) is 10.3. The van der Waals surface area contributed by atoms with Gasteiger partial charge in [0.1, 0.15) is 11.6 Å². The molecular formula is C13H9Cl2N3O. The smallest absolute Gasteiger partial charge is 0.142 e. The number of anilines is 1. The molecule has 0 saturated heterocycles. The molecule has 1 aromatic heterocycles. The van der Waals surface area contributed by atoms with Crippen LogP contribution in [0.25, 0.3) is 22.4 Å². The molecule has 4 N–H and O–H groups in total. The predicted octanol–water partition coefficient (Wildman–Crippen LogP) is 3.82. The molecule has 0 amide bonds. The molecule has 6 heteroatoms. The van der Waals surface area contributed by atoms with Crippen LogP contribution in [0.4, 0.5) is 5.69 Å². The number of nitrogen functional groups attached to an aromatic ring is 1. The van der Waals surface area contributed by atoms with Crippen LogP contribution in [0.3, 0.4) is 0 Å². The van der Waals surface area contributed by atoms with E-state index in [1.807, 2.05) is 0 Å². The van der Waals surface area contributed by atoms with Crippen LogP contribution in [0.1, 0.15) is 0 Å². The van der Waals surface area contributed by atoms with Gasteiger partial charge in [-0.05, 0) is 24.3 Å². The predicted molar refractivity (Wildman–Crippen MR) is 77.6 cm³/mol. The zero-order chi connectivity index (χ0) is 13.6. The van der Waals surface area contributed by atoms with Crippen molar-refractivity contribution in [2.75, 3.05) is 5.73 Å². The number of nitrogens with one attached hydrogen (secondary N) is 1. The lowest BCUT2D eigenvalue weighted by molar-refractivity contribution is 0.476. The van der Waals surface area contributed by atoms with E-state index in [9.17, 15) is 5.11 Å². The van der Waals surface area contributed by atoms with Gasteiger partial charge in [-0.2, -0.15) is 0 Å². The Morgan fingerprint density at radius 2 is 1.84 bits per heavy atom. The molecule has 0 radical (unpaired) electrons. The summed E-state index contributed by atoms with van der Waals surface area (Å²) < 4.78 is 0. The molecule has 0 aliphatic carbocycles. The van der Waals surface area contributed by atoms with Gasteiger partial charge in [0.25, 0.3) is 0 Å². The van der Waals surface area contributed by atoms with Gasteiger partial charge in [-0.25, -0.2) is 4.98 Å². The van der Waals surface area contributed by atoms with E-state index in [1.54, 1.807) is 30.3 Å².